The Morgan fingerprint density at radius 2 is 1.45 bits per heavy atom. The molecule has 0 spiro atoms. The molecule has 11 heteroatoms. The summed E-state index contributed by atoms with van der Waals surface area (Å²) < 4.78 is 10.0. The van der Waals surface area contributed by atoms with E-state index in [-0.39, 0.29) is 39.6 Å². The number of methoxy groups -OCH3 is 2. The Morgan fingerprint density at radius 3 is 2.00 bits per heavy atom. The van der Waals surface area contributed by atoms with Crippen LogP contribution in [0.5, 0.6) is 5.75 Å². The van der Waals surface area contributed by atoms with Crippen LogP contribution in [0.3, 0.4) is 0 Å². The van der Waals surface area contributed by atoms with Crippen LogP contribution < -0.4 is 21.1 Å². The Kier molecular flexibility index (Phi) is 9.23. The third kappa shape index (κ3) is 6.62. The number of hydrogen-bond acceptors (Lipinski definition) is 7. The van der Waals surface area contributed by atoms with E-state index in [0.717, 1.165) is 0 Å². The topological polar surface area (TPSA) is 181 Å². The first-order valence-electron chi connectivity index (χ1n) is 12.2. The highest BCUT2D eigenvalue weighted by atomic mass is 16.5. The molecule has 0 heterocycles. The Morgan fingerprint density at radius 1 is 0.850 bits per heavy atom. The van der Waals surface area contributed by atoms with Gasteiger partial charge in [-0.05, 0) is 71.6 Å². The Hall–Kier alpha value is -5.19. The molecule has 0 fully saturated rings. The lowest BCUT2D eigenvalue weighted by atomic mass is 9.93. The zero-order valence-electron chi connectivity index (χ0n) is 22.4. The maximum Gasteiger partial charge on any atom is 0.336 e. The third-order valence-electron chi connectivity index (χ3n) is 6.14. The molecule has 40 heavy (non-hydrogen) atoms. The lowest BCUT2D eigenvalue weighted by Gasteiger charge is -2.20. The molecule has 11 nitrogen and oxygen atoms in total. The highest BCUT2D eigenvalue weighted by Crippen LogP contribution is 2.32. The zero-order valence-corrected chi connectivity index (χ0v) is 22.4. The number of nitrogens with two attached hydrogens (primary N) is 1. The van der Waals surface area contributed by atoms with Crippen molar-refractivity contribution in [3.05, 3.63) is 82.9 Å². The second-order valence-electron chi connectivity index (χ2n) is 9.14. The molecule has 0 aromatic heterocycles. The minimum absolute atomic E-state index is 0.0146. The molecule has 0 saturated heterocycles. The summed E-state index contributed by atoms with van der Waals surface area (Å²) in [5.41, 5.74) is 6.80. The largest absolute Gasteiger partial charge is 0.497 e. The van der Waals surface area contributed by atoms with Crippen LogP contribution in [0.25, 0.3) is 11.1 Å². The number of carboxylic acid groups (broad SMARTS) is 1. The van der Waals surface area contributed by atoms with Gasteiger partial charge in [0.2, 0.25) is 0 Å². The average Bonchev–Trinajstić information content (AvgIpc) is 2.94. The Bertz CT molecular complexity index is 1470. The summed E-state index contributed by atoms with van der Waals surface area (Å²) in [5, 5.41) is 22.9. The summed E-state index contributed by atoms with van der Waals surface area (Å²) in [4.78, 5) is 50.6. The molecule has 0 bridgehead atoms. The summed E-state index contributed by atoms with van der Waals surface area (Å²) in [6.07, 6.45) is 0. The normalized spacial score (nSPS) is 11.3. The molecule has 2 amide bonds. The molecule has 208 valence electrons. The summed E-state index contributed by atoms with van der Waals surface area (Å²) in [6, 6.07) is 14.1. The zero-order chi connectivity index (χ0) is 29.6. The smallest absolute Gasteiger partial charge is 0.336 e. The van der Waals surface area contributed by atoms with Crippen LogP contribution in [0.1, 0.15) is 50.5 Å². The van der Waals surface area contributed by atoms with E-state index in [1.54, 1.807) is 50.2 Å². The molecular weight excluding hydrogens is 516 g/mol. The fourth-order valence-corrected chi connectivity index (χ4v) is 3.95. The minimum Gasteiger partial charge on any atom is -0.497 e. The fourth-order valence-electron chi connectivity index (χ4n) is 3.95. The summed E-state index contributed by atoms with van der Waals surface area (Å²) in [7, 11) is 2.65. The summed E-state index contributed by atoms with van der Waals surface area (Å²) in [5.74, 6) is -3.15. The fraction of sp³-hybridized carbons (Fsp3) is 0.207. The van der Waals surface area contributed by atoms with Gasteiger partial charge in [-0.1, -0.05) is 19.9 Å². The molecule has 0 aliphatic heterocycles. The molecular formula is C29H30N4O7. The number of aromatic carboxylic acids is 1. The van der Waals surface area contributed by atoms with Crippen LogP contribution in [-0.4, -0.2) is 55.0 Å². The van der Waals surface area contributed by atoms with Crippen molar-refractivity contribution < 1.29 is 33.8 Å². The van der Waals surface area contributed by atoms with Gasteiger partial charge in [0.05, 0.1) is 25.3 Å². The third-order valence-corrected chi connectivity index (χ3v) is 6.14. The van der Waals surface area contributed by atoms with E-state index in [2.05, 4.69) is 10.6 Å². The molecule has 0 aliphatic rings. The molecule has 6 N–H and O–H groups in total. The monoisotopic (exact) mass is 546 g/mol. The molecule has 3 rings (SSSR count). The average molecular weight is 547 g/mol. The highest BCUT2D eigenvalue weighted by Gasteiger charge is 2.27. The standard InChI is InChI=1S/C29H30N4O7/c1-15(2)24(29(38)40-4)33-26(34)17-7-11-21(23(13-17)28(36)37)20-12-10-19(39-3)14-22(20)27(35)32-18-8-5-16(6-9-18)25(30)31/h5-15,24H,1-4H3,(H3,30,31)(H,32,35)(H,33,34)(H,36,37). The molecule has 1 unspecified atom stereocenters. The van der Waals surface area contributed by atoms with E-state index >= 15 is 0 Å². The molecule has 3 aromatic rings. The molecule has 1 atom stereocenters. The second kappa shape index (κ2) is 12.6. The van der Waals surface area contributed by atoms with Gasteiger partial charge in [-0.25, -0.2) is 9.59 Å². The van der Waals surface area contributed by atoms with Gasteiger partial charge in [0.15, 0.2) is 0 Å². The van der Waals surface area contributed by atoms with Gasteiger partial charge in [0, 0.05) is 16.8 Å². The van der Waals surface area contributed by atoms with Crippen molar-refractivity contribution in [1.29, 1.82) is 5.41 Å². The molecule has 0 radical (unpaired) electrons. The molecule has 0 saturated carbocycles. The van der Waals surface area contributed by atoms with Crippen LogP contribution in [-0.2, 0) is 9.53 Å². The van der Waals surface area contributed by atoms with Crippen molar-refractivity contribution in [2.24, 2.45) is 11.7 Å². The van der Waals surface area contributed by atoms with Gasteiger partial charge >= 0.3 is 11.9 Å². The predicted molar refractivity (Wildman–Crippen MR) is 149 cm³/mol. The van der Waals surface area contributed by atoms with Gasteiger partial charge in [-0.15, -0.1) is 0 Å². The number of carboxylic acids is 1. The molecule has 0 aliphatic carbocycles. The Balaban J connectivity index is 2.02. The number of esters is 1. The number of amidine groups is 1. The lowest BCUT2D eigenvalue weighted by Crippen LogP contribution is -2.45. The quantitative estimate of drug-likeness (QED) is 0.145. The minimum atomic E-state index is -1.32. The maximum absolute atomic E-state index is 13.3. The van der Waals surface area contributed by atoms with Gasteiger partial charge < -0.3 is 30.9 Å². The number of nitrogens with one attached hydrogen (secondary N) is 3. The number of carbonyl (C=O) groups excluding carboxylic acids is 3. The van der Waals surface area contributed by atoms with Crippen molar-refractivity contribution >= 4 is 35.3 Å². The number of carbonyl (C=O) groups is 4. The van der Waals surface area contributed by atoms with E-state index in [4.69, 9.17) is 20.6 Å². The van der Waals surface area contributed by atoms with Crippen molar-refractivity contribution in [2.75, 3.05) is 19.5 Å². The van der Waals surface area contributed by atoms with Crippen molar-refractivity contribution in [3.8, 4) is 16.9 Å². The van der Waals surface area contributed by atoms with Crippen LogP contribution in [0.4, 0.5) is 5.69 Å². The van der Waals surface area contributed by atoms with E-state index < -0.39 is 29.8 Å². The number of hydrogen-bond donors (Lipinski definition) is 5. The van der Waals surface area contributed by atoms with Crippen LogP contribution in [0.15, 0.2) is 60.7 Å². The number of benzene rings is 3. The number of anilines is 1. The van der Waals surface area contributed by atoms with Crippen LogP contribution in [0, 0.1) is 11.3 Å². The first-order chi connectivity index (χ1) is 19.0. The van der Waals surface area contributed by atoms with Crippen molar-refractivity contribution in [3.63, 3.8) is 0 Å². The second-order valence-corrected chi connectivity index (χ2v) is 9.14. The maximum atomic E-state index is 13.3. The van der Waals surface area contributed by atoms with Crippen LogP contribution in [0.2, 0.25) is 0 Å². The number of rotatable bonds is 10. The van der Waals surface area contributed by atoms with E-state index in [0.29, 0.717) is 17.0 Å². The summed E-state index contributed by atoms with van der Waals surface area (Å²) in [6.45, 7) is 3.48. The van der Waals surface area contributed by atoms with E-state index in [1.807, 2.05) is 0 Å². The van der Waals surface area contributed by atoms with Gasteiger partial charge in [0.1, 0.15) is 17.6 Å². The predicted octanol–water partition coefficient (Wildman–Crippen LogP) is 3.52. The summed E-state index contributed by atoms with van der Waals surface area (Å²) >= 11 is 0. The van der Waals surface area contributed by atoms with Crippen molar-refractivity contribution in [1.82, 2.24) is 5.32 Å². The first kappa shape index (κ1) is 29.4. The highest BCUT2D eigenvalue weighted by molar-refractivity contribution is 6.11. The van der Waals surface area contributed by atoms with Gasteiger partial charge in [-0.2, -0.15) is 0 Å². The van der Waals surface area contributed by atoms with Crippen molar-refractivity contribution in [2.45, 2.75) is 19.9 Å². The SMILES string of the molecule is COC(=O)C(NC(=O)c1ccc(-c2ccc(OC)cc2C(=O)Nc2ccc(C(=N)N)cc2)c(C(=O)O)c1)C(C)C. The van der Waals surface area contributed by atoms with Gasteiger partial charge in [-0.3, -0.25) is 15.0 Å². The number of amides is 2. The molecule has 3 aromatic carbocycles. The van der Waals surface area contributed by atoms with E-state index in [1.165, 1.54) is 38.5 Å². The van der Waals surface area contributed by atoms with Crippen LogP contribution >= 0.6 is 0 Å². The van der Waals surface area contributed by atoms with E-state index in [9.17, 15) is 24.3 Å². The van der Waals surface area contributed by atoms with Gasteiger partial charge in [0.25, 0.3) is 11.8 Å². The number of nitrogen functional groups attached to an aromatic ring is 1. The lowest BCUT2D eigenvalue weighted by molar-refractivity contribution is -0.144. The number of ether oxygens (including phenoxy) is 2. The first-order valence-corrected chi connectivity index (χ1v) is 12.2. The Labute approximate surface area is 230 Å².